The molecule has 0 saturated carbocycles. The Bertz CT molecular complexity index is 967. The molecule has 0 aliphatic carbocycles. The average Bonchev–Trinajstić information content (AvgIpc) is 3.10. The number of nitrogens with one attached hydrogen (secondary N) is 1. The van der Waals surface area contributed by atoms with Gasteiger partial charge in [0.25, 0.3) is 0 Å². The molecule has 1 heterocycles. The fourth-order valence-electron chi connectivity index (χ4n) is 2.58. The van der Waals surface area contributed by atoms with Crippen molar-refractivity contribution in [2.24, 2.45) is 0 Å². The maximum absolute atomic E-state index is 9.14. The van der Waals surface area contributed by atoms with E-state index in [-0.39, 0.29) is 0 Å². The van der Waals surface area contributed by atoms with E-state index in [0.29, 0.717) is 24.3 Å². The van der Waals surface area contributed by atoms with Crippen molar-refractivity contribution in [1.82, 2.24) is 9.97 Å². The number of ether oxygens (including phenoxy) is 1. The van der Waals surface area contributed by atoms with Gasteiger partial charge >= 0.3 is 0 Å². The summed E-state index contributed by atoms with van der Waals surface area (Å²) in [4.78, 5) is 8.77. The van der Waals surface area contributed by atoms with E-state index in [9.17, 15) is 0 Å². The molecule has 0 aliphatic heterocycles. The summed E-state index contributed by atoms with van der Waals surface area (Å²) in [5.41, 5.74) is 3.07. The van der Waals surface area contributed by atoms with Gasteiger partial charge in [-0.15, -0.1) is 0 Å². The predicted molar refractivity (Wildman–Crippen MR) is 103 cm³/mol. The van der Waals surface area contributed by atoms with E-state index in [1.807, 2.05) is 30.3 Å². The van der Waals surface area contributed by atoms with Gasteiger partial charge in [0.05, 0.1) is 29.9 Å². The molecule has 0 fully saturated rings. The zero-order chi connectivity index (χ0) is 19.1. The number of rotatable bonds is 7. The second-order valence-corrected chi connectivity index (χ2v) is 6.93. The van der Waals surface area contributed by atoms with Crippen LogP contribution in [-0.4, -0.2) is 9.97 Å². The third kappa shape index (κ3) is 4.98. The number of aromatic nitrogens is 2. The minimum Gasteiger partial charge on any atom is -0.369 e. The van der Waals surface area contributed by atoms with Crippen LogP contribution in [0.2, 0.25) is 0 Å². The van der Waals surface area contributed by atoms with Crippen molar-refractivity contribution in [3.05, 3.63) is 76.7 Å². The number of hydrogen-bond acceptors (Lipinski definition) is 5. The summed E-state index contributed by atoms with van der Waals surface area (Å²) in [7, 11) is 0. The van der Waals surface area contributed by atoms with Crippen molar-refractivity contribution < 1.29 is 4.74 Å². The second-order valence-electron chi connectivity index (χ2n) is 5.87. The van der Waals surface area contributed by atoms with Crippen LogP contribution in [-0.2, 0) is 24.4 Å². The number of imidazole rings is 1. The highest BCUT2D eigenvalue weighted by Gasteiger charge is 2.12. The average molecular weight is 374 g/mol. The van der Waals surface area contributed by atoms with Gasteiger partial charge in [-0.1, -0.05) is 49.0 Å². The van der Waals surface area contributed by atoms with Crippen LogP contribution in [0.1, 0.15) is 35.1 Å². The van der Waals surface area contributed by atoms with Gasteiger partial charge in [0, 0.05) is 10.6 Å². The lowest BCUT2D eigenvalue weighted by molar-refractivity contribution is 0.102. The zero-order valence-electron chi connectivity index (χ0n) is 14.9. The summed E-state index contributed by atoms with van der Waals surface area (Å²) in [6.45, 7) is 2.98. The molecule has 27 heavy (non-hydrogen) atoms. The fourth-order valence-corrected chi connectivity index (χ4v) is 3.65. The number of benzene rings is 2. The molecular formula is C21H18N4OS. The number of nitriles is 2. The molecule has 3 rings (SSSR count). The molecule has 0 atom stereocenters. The lowest BCUT2D eigenvalue weighted by atomic mass is 10.1. The molecule has 0 aliphatic rings. The SMILES string of the molecule is CCc1[nH]c(COCc2ccccc2)nc1Sc1cc(C#N)cc(C#N)c1. The van der Waals surface area contributed by atoms with Gasteiger partial charge in [-0.2, -0.15) is 10.5 Å². The Balaban J connectivity index is 1.71. The van der Waals surface area contributed by atoms with Gasteiger partial charge in [-0.3, -0.25) is 0 Å². The van der Waals surface area contributed by atoms with Gasteiger partial charge < -0.3 is 9.72 Å². The van der Waals surface area contributed by atoms with E-state index in [1.165, 1.54) is 11.8 Å². The van der Waals surface area contributed by atoms with Gasteiger partial charge in [0.1, 0.15) is 17.5 Å². The first kappa shape index (κ1) is 18.7. The number of H-pyrrole nitrogens is 1. The van der Waals surface area contributed by atoms with Crippen molar-refractivity contribution in [3.8, 4) is 12.1 Å². The molecular weight excluding hydrogens is 356 g/mol. The first-order valence-corrected chi connectivity index (χ1v) is 9.36. The number of aromatic amines is 1. The van der Waals surface area contributed by atoms with Gasteiger partial charge in [0.2, 0.25) is 0 Å². The van der Waals surface area contributed by atoms with Crippen molar-refractivity contribution in [2.45, 2.75) is 36.5 Å². The number of aryl methyl sites for hydroxylation is 1. The fraction of sp³-hybridized carbons (Fsp3) is 0.190. The highest BCUT2D eigenvalue weighted by molar-refractivity contribution is 7.99. The molecule has 0 saturated heterocycles. The smallest absolute Gasteiger partial charge is 0.133 e. The predicted octanol–water partition coefficient (Wildman–Crippen LogP) is 4.58. The maximum Gasteiger partial charge on any atom is 0.133 e. The van der Waals surface area contributed by atoms with Gasteiger partial charge in [-0.05, 0) is 30.2 Å². The third-order valence-electron chi connectivity index (χ3n) is 3.87. The minimum absolute atomic E-state index is 0.393. The van der Waals surface area contributed by atoms with Crippen molar-refractivity contribution >= 4 is 11.8 Å². The van der Waals surface area contributed by atoms with Crippen LogP contribution in [0, 0.1) is 22.7 Å². The molecule has 0 radical (unpaired) electrons. The lowest BCUT2D eigenvalue weighted by Crippen LogP contribution is -1.96. The van der Waals surface area contributed by atoms with Crippen LogP contribution in [0.15, 0.2) is 58.5 Å². The highest BCUT2D eigenvalue weighted by atomic mass is 32.2. The summed E-state index contributed by atoms with van der Waals surface area (Å²) >= 11 is 1.45. The van der Waals surface area contributed by atoms with Gasteiger partial charge in [0.15, 0.2) is 0 Å². The Labute approximate surface area is 162 Å². The molecule has 0 amide bonds. The summed E-state index contributed by atoms with van der Waals surface area (Å²) < 4.78 is 5.75. The molecule has 5 nitrogen and oxygen atoms in total. The van der Waals surface area contributed by atoms with E-state index in [1.54, 1.807) is 18.2 Å². The molecule has 0 spiro atoms. The van der Waals surface area contributed by atoms with Crippen LogP contribution in [0.3, 0.4) is 0 Å². The molecule has 0 unspecified atom stereocenters. The van der Waals surface area contributed by atoms with E-state index >= 15 is 0 Å². The van der Waals surface area contributed by atoms with Gasteiger partial charge in [-0.25, -0.2) is 4.98 Å². The van der Waals surface area contributed by atoms with Crippen LogP contribution < -0.4 is 0 Å². The van der Waals surface area contributed by atoms with E-state index in [2.05, 4.69) is 29.0 Å². The van der Waals surface area contributed by atoms with Crippen molar-refractivity contribution in [1.29, 1.82) is 10.5 Å². The Kier molecular flexibility index (Phi) is 6.27. The highest BCUT2D eigenvalue weighted by Crippen LogP contribution is 2.31. The summed E-state index contributed by atoms with van der Waals surface area (Å²) in [5.74, 6) is 0.766. The Hall–Kier alpha value is -3.06. The molecule has 6 heteroatoms. The van der Waals surface area contributed by atoms with E-state index < -0.39 is 0 Å². The largest absolute Gasteiger partial charge is 0.369 e. The van der Waals surface area contributed by atoms with Crippen molar-refractivity contribution in [3.63, 3.8) is 0 Å². The first-order valence-electron chi connectivity index (χ1n) is 8.54. The Morgan fingerprint density at radius 1 is 1.04 bits per heavy atom. The normalized spacial score (nSPS) is 10.3. The molecule has 134 valence electrons. The van der Waals surface area contributed by atoms with E-state index in [4.69, 9.17) is 15.3 Å². The molecule has 1 N–H and O–H groups in total. The molecule has 3 aromatic rings. The summed E-state index contributed by atoms with van der Waals surface area (Å²) in [6.07, 6.45) is 0.803. The third-order valence-corrected chi connectivity index (χ3v) is 4.88. The monoisotopic (exact) mass is 374 g/mol. The number of nitrogens with zero attached hydrogens (tertiary/aromatic N) is 3. The van der Waals surface area contributed by atoms with Crippen LogP contribution in [0.4, 0.5) is 0 Å². The lowest BCUT2D eigenvalue weighted by Gasteiger charge is -2.02. The quantitative estimate of drug-likeness (QED) is 0.654. The molecule has 0 bridgehead atoms. The van der Waals surface area contributed by atoms with Crippen LogP contribution in [0.25, 0.3) is 0 Å². The summed E-state index contributed by atoms with van der Waals surface area (Å²) in [5, 5.41) is 19.1. The first-order chi connectivity index (χ1) is 13.2. The van der Waals surface area contributed by atoms with Crippen LogP contribution in [0.5, 0.6) is 0 Å². The topological polar surface area (TPSA) is 85.5 Å². The number of hydrogen-bond donors (Lipinski definition) is 1. The minimum atomic E-state index is 0.393. The van der Waals surface area contributed by atoms with Crippen molar-refractivity contribution in [2.75, 3.05) is 0 Å². The van der Waals surface area contributed by atoms with Crippen LogP contribution >= 0.6 is 11.8 Å². The summed E-state index contributed by atoms with van der Waals surface area (Å²) in [6, 6.07) is 19.3. The zero-order valence-corrected chi connectivity index (χ0v) is 15.7. The maximum atomic E-state index is 9.14. The Morgan fingerprint density at radius 3 is 2.37 bits per heavy atom. The molecule has 1 aromatic heterocycles. The standard InChI is InChI=1S/C21H18N4OS/c1-2-19-21(27-18-9-16(11-22)8-17(10-18)12-23)25-20(24-19)14-26-13-15-6-4-3-5-7-15/h3-10H,2,13-14H2,1H3,(H,24,25). The second kappa shape index (κ2) is 9.05. The Morgan fingerprint density at radius 2 is 1.74 bits per heavy atom. The van der Waals surface area contributed by atoms with E-state index in [0.717, 1.165) is 33.4 Å². The molecule has 2 aromatic carbocycles.